The molecule has 6 heterocycles. The number of carbonyl (C=O) groups excluding carboxylic acids is 3. The monoisotopic (exact) mass is 1730 g/mol. The Bertz CT molecular complexity index is 3290. The first-order chi connectivity index (χ1) is 43.8. The quantitative estimate of drug-likeness (QED) is 0.0567. The van der Waals surface area contributed by atoms with E-state index >= 15 is 0 Å². The van der Waals surface area contributed by atoms with E-state index in [-0.39, 0.29) is 108 Å². The van der Waals surface area contributed by atoms with Crippen LogP contribution in [0.15, 0.2) is 68.0 Å². The summed E-state index contributed by atoms with van der Waals surface area (Å²) in [4.78, 5) is 54.1. The molecular weight excluding hydrogens is 1620 g/mol. The van der Waals surface area contributed by atoms with Gasteiger partial charge in [-0.25, -0.2) is 22.8 Å². The summed E-state index contributed by atoms with van der Waals surface area (Å²) in [5.74, 6) is -0.740. The largest absolute Gasteiger partial charge is 0.483 e. The summed E-state index contributed by atoms with van der Waals surface area (Å²) in [6.07, 6.45) is 8.17. The van der Waals surface area contributed by atoms with Crippen molar-refractivity contribution in [3.8, 4) is 15.2 Å². The number of aromatic carboxylic acids is 1. The van der Waals surface area contributed by atoms with Gasteiger partial charge in [0.2, 0.25) is 0 Å². The molecule has 3 aliphatic rings. The Hall–Kier alpha value is -4.28. The van der Waals surface area contributed by atoms with Gasteiger partial charge >= 0.3 is 12.1 Å². The van der Waals surface area contributed by atoms with Crippen LogP contribution in [0, 0.1) is 38.2 Å². The van der Waals surface area contributed by atoms with Crippen molar-refractivity contribution in [3.63, 3.8) is 0 Å². The number of amides is 3. The minimum atomic E-state index is -0.903. The number of rotatable bonds is 19. The maximum absolute atomic E-state index is 14.3. The second-order valence-corrected chi connectivity index (χ2v) is 29.3. The SMILES string of the molecule is C.C.C.C.C.CC(C)(C)OC(=O)NCc1ccc(F)c(C2CCNCC2)c1.CCCOc1sc(C(=O)N2CCC(c3cc(CC)ccc3F)CC2)c(C)c1Br.CCCOc1sc(C(=O)N2CCC(c3cc(CN)ccc3F)CC2)c(C)c1Br.CCCOc1sc(C(=O)O)c(C)c1Br.I. The summed E-state index contributed by atoms with van der Waals surface area (Å²) in [5.41, 5.74) is 13.0. The van der Waals surface area contributed by atoms with Crippen molar-refractivity contribution < 1.29 is 56.4 Å². The van der Waals surface area contributed by atoms with Crippen LogP contribution in [0.2, 0.25) is 0 Å². The van der Waals surface area contributed by atoms with Crippen molar-refractivity contribution in [2.24, 2.45) is 5.73 Å². The standard InChI is InChI=1S/C22H27BrFNO2S.C21H26BrFN2O2S.C17H25FN2O2.C9H11BrO3S.5CH4.HI/c1-4-12-27-22-19(23)14(3)20(28-22)21(26)25-10-8-16(9-11-25)17-13-15(5-2)6-7-18(17)24;1-3-10-27-21-18(22)13(2)19(28-21)20(26)25-8-6-15(7-9-25)16-11-14(12-24)4-5-17(16)23;1-17(2,3)22-16(21)20-11-12-4-5-15(18)14(10-12)13-6-8-19-9-7-13;1-3-4-13-9-6(10)5(2)7(14-9)8(11)12;;;;;;/h6-7,13,16H,4-5,8-12H2,1-3H3;4-5,11,15H,3,6-10,12,24H2,1-2H3;4-5,10,13,19H,6-9,11H2,1-3H3,(H,20,21);3-4H2,1-2H3,(H,11,12);5*1H4;1H. The second-order valence-electron chi connectivity index (χ2n) is 24.0. The van der Waals surface area contributed by atoms with Crippen molar-refractivity contribution in [1.82, 2.24) is 20.4 Å². The van der Waals surface area contributed by atoms with E-state index in [9.17, 15) is 32.3 Å². The average Bonchev–Trinajstić information content (AvgIpc) is 1.54. The molecule has 0 saturated carbocycles. The zero-order valence-corrected chi connectivity index (χ0v) is 64.4. The highest BCUT2D eigenvalue weighted by atomic mass is 127. The number of ether oxygens (including phenoxy) is 4. The Kier molecular flexibility index (Phi) is 43.7. The number of halogens is 7. The Morgan fingerprint density at radius 1 is 0.571 bits per heavy atom. The van der Waals surface area contributed by atoms with Crippen LogP contribution < -0.4 is 30.6 Å². The summed E-state index contributed by atoms with van der Waals surface area (Å²) in [7, 11) is 0. The van der Waals surface area contributed by atoms with E-state index < -0.39 is 17.7 Å². The van der Waals surface area contributed by atoms with Gasteiger partial charge in [0, 0.05) is 39.3 Å². The first-order valence-electron chi connectivity index (χ1n) is 31.6. The molecule has 6 aromatic rings. The smallest absolute Gasteiger partial charge is 0.407 e. The number of nitrogens with two attached hydrogens (primary N) is 1. The fraction of sp³-hybridized carbons (Fsp3) is 0.541. The number of carboxylic acids is 1. The lowest BCUT2D eigenvalue weighted by molar-refractivity contribution is 0.0522. The van der Waals surface area contributed by atoms with Gasteiger partial charge in [-0.3, -0.25) is 9.59 Å². The first-order valence-corrected chi connectivity index (χ1v) is 36.5. The lowest BCUT2D eigenvalue weighted by Gasteiger charge is -2.32. The third-order valence-corrected chi connectivity index (χ3v) is 23.1. The molecule has 5 N–H and O–H groups in total. The van der Waals surface area contributed by atoms with E-state index in [1.807, 2.05) is 75.6 Å². The predicted molar refractivity (Wildman–Crippen MR) is 424 cm³/mol. The molecule has 9 rings (SSSR count). The molecule has 3 fully saturated rings. The molecule has 0 bridgehead atoms. The molecule has 0 radical (unpaired) electrons. The minimum Gasteiger partial charge on any atom is -0.483 e. The molecule has 3 aromatic heterocycles. The van der Waals surface area contributed by atoms with Crippen LogP contribution in [0.3, 0.4) is 0 Å². The molecule has 24 heteroatoms. The van der Waals surface area contributed by atoms with Gasteiger partial charge in [0.15, 0.2) is 15.2 Å². The van der Waals surface area contributed by atoms with Gasteiger partial charge in [0.1, 0.15) is 27.9 Å². The number of likely N-dealkylation sites (tertiary alicyclic amines) is 2. The summed E-state index contributed by atoms with van der Waals surface area (Å²) >= 11 is 14.4. The number of carboxylic acid groups (broad SMARTS) is 1. The lowest BCUT2D eigenvalue weighted by Crippen LogP contribution is -2.38. The third kappa shape index (κ3) is 26.5. The molecule has 0 spiro atoms. The van der Waals surface area contributed by atoms with Crippen LogP contribution >= 0.6 is 106 Å². The van der Waals surface area contributed by atoms with Crippen molar-refractivity contribution >= 4 is 130 Å². The maximum Gasteiger partial charge on any atom is 0.407 e. The summed E-state index contributed by atoms with van der Waals surface area (Å²) in [5, 5.41) is 17.0. The number of aryl methyl sites for hydroxylation is 1. The van der Waals surface area contributed by atoms with Crippen LogP contribution in [0.1, 0.15) is 240 Å². The molecule has 0 unspecified atom stereocenters. The predicted octanol–water partition coefficient (Wildman–Crippen LogP) is 22.0. The normalized spacial score (nSPS) is 13.8. The van der Waals surface area contributed by atoms with Crippen LogP contribution in [0.25, 0.3) is 0 Å². The second kappa shape index (κ2) is 45.6. The van der Waals surface area contributed by atoms with E-state index in [4.69, 9.17) is 29.8 Å². The lowest BCUT2D eigenvalue weighted by atomic mass is 9.88. The molecule has 0 atom stereocenters. The summed E-state index contributed by atoms with van der Waals surface area (Å²) in [6.45, 7) is 26.3. The molecule has 3 aliphatic heterocycles. The molecule has 3 amide bonds. The number of thiophene rings is 3. The van der Waals surface area contributed by atoms with Crippen LogP contribution in [-0.2, 0) is 24.2 Å². The van der Waals surface area contributed by atoms with Crippen LogP contribution in [0.5, 0.6) is 15.2 Å². The molecule has 98 heavy (non-hydrogen) atoms. The number of nitrogens with zero attached hydrogens (tertiary/aromatic N) is 2. The van der Waals surface area contributed by atoms with Crippen molar-refractivity contribution in [2.45, 2.75) is 207 Å². The van der Waals surface area contributed by atoms with E-state index in [2.05, 4.69) is 79.2 Å². The molecule has 552 valence electrons. The number of hydrogen-bond acceptors (Lipinski definition) is 13. The van der Waals surface area contributed by atoms with E-state index in [0.29, 0.717) is 73.9 Å². The van der Waals surface area contributed by atoms with Crippen LogP contribution in [-0.4, -0.2) is 103 Å². The van der Waals surface area contributed by atoms with Crippen LogP contribution in [0.4, 0.5) is 18.0 Å². The highest BCUT2D eigenvalue weighted by Gasteiger charge is 2.32. The number of alkyl carbamates (subject to hydrolysis) is 1. The fourth-order valence-corrected chi connectivity index (χ4v) is 15.8. The van der Waals surface area contributed by atoms with Crippen molar-refractivity contribution in [1.29, 1.82) is 0 Å². The first kappa shape index (κ1) is 93.7. The van der Waals surface area contributed by atoms with Gasteiger partial charge in [-0.2, -0.15) is 0 Å². The average molecular weight is 1730 g/mol. The number of carbonyl (C=O) groups is 4. The molecule has 3 aromatic carbocycles. The van der Waals surface area contributed by atoms with E-state index in [0.717, 1.165) is 156 Å². The van der Waals surface area contributed by atoms with Crippen molar-refractivity contribution in [2.75, 3.05) is 59.1 Å². The Labute approximate surface area is 638 Å². The maximum atomic E-state index is 14.3. The fourth-order valence-electron chi connectivity index (χ4n) is 10.7. The van der Waals surface area contributed by atoms with Gasteiger partial charge in [0.25, 0.3) is 11.8 Å². The Morgan fingerprint density at radius 2 is 0.908 bits per heavy atom. The molecular formula is C74H110Br3F3IN5O9S3. The van der Waals surface area contributed by atoms with Gasteiger partial charge in [-0.05, 0) is 253 Å². The number of hydrogen-bond donors (Lipinski definition) is 4. The molecule has 3 saturated heterocycles. The number of benzene rings is 3. The van der Waals surface area contributed by atoms with Gasteiger partial charge in [-0.1, -0.05) is 135 Å². The van der Waals surface area contributed by atoms with Crippen molar-refractivity contribution in [3.05, 3.63) is 150 Å². The topological polar surface area (TPSA) is 182 Å². The van der Waals surface area contributed by atoms with E-state index in [1.54, 1.807) is 25.1 Å². The zero-order valence-electron chi connectivity index (χ0n) is 54.9. The highest BCUT2D eigenvalue weighted by Crippen LogP contribution is 2.44. The Balaban J connectivity index is 0.00000129. The summed E-state index contributed by atoms with van der Waals surface area (Å²) in [6, 6.07) is 15.6. The summed E-state index contributed by atoms with van der Waals surface area (Å²) < 4.78 is 67.2. The minimum absolute atomic E-state index is 0. The number of nitrogens with one attached hydrogen (secondary N) is 2. The highest BCUT2D eigenvalue weighted by molar-refractivity contribution is 14.0. The van der Waals surface area contributed by atoms with Gasteiger partial charge in [-0.15, -0.1) is 24.0 Å². The Morgan fingerprint density at radius 3 is 1.26 bits per heavy atom. The third-order valence-electron chi connectivity index (χ3n) is 15.9. The number of piperidine rings is 3. The molecule has 0 aliphatic carbocycles. The van der Waals surface area contributed by atoms with E-state index in [1.165, 1.54) is 46.1 Å². The van der Waals surface area contributed by atoms with Gasteiger partial charge in [0.05, 0.1) is 43.0 Å². The molecule has 14 nitrogen and oxygen atoms in total. The zero-order chi connectivity index (χ0) is 67.4. The van der Waals surface area contributed by atoms with Gasteiger partial charge < -0.3 is 50.2 Å².